The number of carboxylic acid groups (broad SMARTS) is 1. The molecule has 1 saturated heterocycles. The zero-order valence-electron chi connectivity index (χ0n) is 8.02. The molecule has 1 aromatic carbocycles. The van der Waals surface area contributed by atoms with Gasteiger partial charge < -0.3 is 9.84 Å². The van der Waals surface area contributed by atoms with Gasteiger partial charge in [0, 0.05) is 10.4 Å². The van der Waals surface area contributed by atoms with Gasteiger partial charge in [0.25, 0.3) is 0 Å². The SMILES string of the molecule is O=C(O)C(c1ccccc1Br)C1COC1. The van der Waals surface area contributed by atoms with Crippen molar-refractivity contribution in [3.8, 4) is 0 Å². The monoisotopic (exact) mass is 270 g/mol. The Morgan fingerprint density at radius 2 is 2.13 bits per heavy atom. The Bertz CT molecular complexity index is 374. The first-order valence-electron chi connectivity index (χ1n) is 4.75. The minimum atomic E-state index is -0.782. The number of carbonyl (C=O) groups is 1. The summed E-state index contributed by atoms with van der Waals surface area (Å²) in [6, 6.07) is 7.45. The lowest BCUT2D eigenvalue weighted by Crippen LogP contribution is -2.36. The van der Waals surface area contributed by atoms with E-state index in [1.807, 2.05) is 24.3 Å². The summed E-state index contributed by atoms with van der Waals surface area (Å²) < 4.78 is 5.90. The smallest absolute Gasteiger partial charge is 0.311 e. The van der Waals surface area contributed by atoms with E-state index in [1.165, 1.54) is 0 Å². The van der Waals surface area contributed by atoms with E-state index in [0.717, 1.165) is 10.0 Å². The molecule has 1 atom stereocenters. The zero-order chi connectivity index (χ0) is 10.8. The highest BCUT2D eigenvalue weighted by atomic mass is 79.9. The molecule has 80 valence electrons. The Morgan fingerprint density at radius 3 is 2.60 bits per heavy atom. The molecule has 1 aromatic rings. The van der Waals surface area contributed by atoms with Crippen LogP contribution in [0.15, 0.2) is 28.7 Å². The van der Waals surface area contributed by atoms with Crippen LogP contribution in [-0.4, -0.2) is 24.3 Å². The van der Waals surface area contributed by atoms with Crippen molar-refractivity contribution >= 4 is 21.9 Å². The molecule has 1 aliphatic heterocycles. The van der Waals surface area contributed by atoms with Crippen LogP contribution >= 0.6 is 15.9 Å². The van der Waals surface area contributed by atoms with Crippen LogP contribution in [0.25, 0.3) is 0 Å². The Hall–Kier alpha value is -0.870. The molecule has 0 aliphatic carbocycles. The van der Waals surface area contributed by atoms with E-state index in [2.05, 4.69) is 15.9 Å². The van der Waals surface area contributed by atoms with E-state index in [1.54, 1.807) is 0 Å². The summed E-state index contributed by atoms with van der Waals surface area (Å²) >= 11 is 3.38. The van der Waals surface area contributed by atoms with Crippen molar-refractivity contribution in [3.63, 3.8) is 0 Å². The van der Waals surface area contributed by atoms with Gasteiger partial charge in [-0.25, -0.2) is 0 Å². The Morgan fingerprint density at radius 1 is 1.47 bits per heavy atom. The van der Waals surface area contributed by atoms with Gasteiger partial charge in [-0.15, -0.1) is 0 Å². The average molecular weight is 271 g/mol. The summed E-state index contributed by atoms with van der Waals surface area (Å²) in [5, 5.41) is 9.21. The zero-order valence-corrected chi connectivity index (χ0v) is 9.61. The molecule has 1 aliphatic rings. The number of hydrogen-bond donors (Lipinski definition) is 1. The van der Waals surface area contributed by atoms with Crippen molar-refractivity contribution in [2.75, 3.05) is 13.2 Å². The molecule has 1 unspecified atom stereocenters. The summed E-state index contributed by atoms with van der Waals surface area (Å²) in [7, 11) is 0. The van der Waals surface area contributed by atoms with Gasteiger partial charge in [0.2, 0.25) is 0 Å². The molecule has 4 heteroatoms. The van der Waals surface area contributed by atoms with Crippen molar-refractivity contribution in [2.45, 2.75) is 5.92 Å². The summed E-state index contributed by atoms with van der Waals surface area (Å²) in [6.45, 7) is 1.08. The van der Waals surface area contributed by atoms with Gasteiger partial charge in [0.1, 0.15) is 0 Å². The predicted octanol–water partition coefficient (Wildman–Crippen LogP) is 2.26. The molecule has 0 aromatic heterocycles. The standard InChI is InChI=1S/C11H11BrO3/c12-9-4-2-1-3-8(9)10(11(13)14)7-5-15-6-7/h1-4,7,10H,5-6H2,(H,13,14). The molecule has 0 amide bonds. The maximum atomic E-state index is 11.2. The predicted molar refractivity (Wildman–Crippen MR) is 58.8 cm³/mol. The third-order valence-electron chi connectivity index (χ3n) is 2.64. The van der Waals surface area contributed by atoms with E-state index < -0.39 is 11.9 Å². The largest absolute Gasteiger partial charge is 0.481 e. The normalized spacial score (nSPS) is 18.2. The molecular weight excluding hydrogens is 260 g/mol. The third-order valence-corrected chi connectivity index (χ3v) is 3.36. The van der Waals surface area contributed by atoms with Crippen LogP contribution in [0.1, 0.15) is 11.5 Å². The highest BCUT2D eigenvalue weighted by molar-refractivity contribution is 9.10. The molecular formula is C11H11BrO3. The van der Waals surface area contributed by atoms with Crippen molar-refractivity contribution in [1.82, 2.24) is 0 Å². The average Bonchev–Trinajstić information content (AvgIpc) is 2.12. The number of halogens is 1. The van der Waals surface area contributed by atoms with Crippen molar-refractivity contribution in [1.29, 1.82) is 0 Å². The number of ether oxygens (including phenoxy) is 1. The van der Waals surface area contributed by atoms with E-state index >= 15 is 0 Å². The second-order valence-corrected chi connectivity index (χ2v) is 4.49. The molecule has 0 saturated carbocycles. The van der Waals surface area contributed by atoms with E-state index in [9.17, 15) is 9.90 Å². The van der Waals surface area contributed by atoms with Crippen LogP contribution in [0.4, 0.5) is 0 Å². The fourth-order valence-corrected chi connectivity index (χ4v) is 2.29. The number of hydrogen-bond acceptors (Lipinski definition) is 2. The minimum absolute atomic E-state index is 0.0983. The minimum Gasteiger partial charge on any atom is -0.481 e. The van der Waals surface area contributed by atoms with Crippen LogP contribution in [0.3, 0.4) is 0 Å². The fraction of sp³-hybridized carbons (Fsp3) is 0.364. The fourth-order valence-electron chi connectivity index (χ4n) is 1.76. The second-order valence-electron chi connectivity index (χ2n) is 3.63. The van der Waals surface area contributed by atoms with Gasteiger partial charge in [-0.2, -0.15) is 0 Å². The van der Waals surface area contributed by atoms with Crippen LogP contribution in [0, 0.1) is 5.92 Å². The highest BCUT2D eigenvalue weighted by Gasteiger charge is 2.35. The van der Waals surface area contributed by atoms with Gasteiger partial charge in [-0.1, -0.05) is 34.1 Å². The first-order chi connectivity index (χ1) is 7.20. The van der Waals surface area contributed by atoms with Crippen molar-refractivity contribution in [3.05, 3.63) is 34.3 Å². The number of carboxylic acids is 1. The van der Waals surface area contributed by atoms with Crippen LogP contribution in [0.2, 0.25) is 0 Å². The number of rotatable bonds is 3. The lowest BCUT2D eigenvalue weighted by molar-refractivity contribution is -0.146. The maximum Gasteiger partial charge on any atom is 0.311 e. The van der Waals surface area contributed by atoms with Gasteiger partial charge in [-0.3, -0.25) is 4.79 Å². The second kappa shape index (κ2) is 4.33. The molecule has 0 bridgehead atoms. The van der Waals surface area contributed by atoms with Crippen LogP contribution in [-0.2, 0) is 9.53 Å². The molecule has 1 fully saturated rings. The van der Waals surface area contributed by atoms with E-state index in [0.29, 0.717) is 13.2 Å². The molecule has 1 heterocycles. The van der Waals surface area contributed by atoms with Crippen LogP contribution in [0.5, 0.6) is 0 Å². The summed E-state index contributed by atoms with van der Waals surface area (Å²) in [4.78, 5) is 11.2. The number of aliphatic carboxylic acids is 1. The first-order valence-corrected chi connectivity index (χ1v) is 5.54. The summed E-state index contributed by atoms with van der Waals surface area (Å²) in [5.41, 5.74) is 0.832. The lowest BCUT2D eigenvalue weighted by Gasteiger charge is -2.31. The summed E-state index contributed by atoms with van der Waals surface area (Å²) in [6.07, 6.45) is 0. The van der Waals surface area contributed by atoms with E-state index in [-0.39, 0.29) is 5.92 Å². The summed E-state index contributed by atoms with van der Waals surface area (Å²) in [5.74, 6) is -1.15. The molecule has 1 N–H and O–H groups in total. The van der Waals surface area contributed by atoms with Crippen molar-refractivity contribution in [2.24, 2.45) is 5.92 Å². The van der Waals surface area contributed by atoms with Gasteiger partial charge in [0.05, 0.1) is 19.1 Å². The quantitative estimate of drug-likeness (QED) is 0.917. The number of benzene rings is 1. The van der Waals surface area contributed by atoms with Crippen molar-refractivity contribution < 1.29 is 14.6 Å². The molecule has 2 rings (SSSR count). The van der Waals surface area contributed by atoms with Gasteiger partial charge in [-0.05, 0) is 11.6 Å². The lowest BCUT2D eigenvalue weighted by atomic mass is 9.85. The Balaban J connectivity index is 2.32. The van der Waals surface area contributed by atoms with Gasteiger partial charge >= 0.3 is 5.97 Å². The molecule has 0 radical (unpaired) electrons. The first kappa shape index (κ1) is 10.6. The van der Waals surface area contributed by atoms with Gasteiger partial charge in [0.15, 0.2) is 0 Å². The maximum absolute atomic E-state index is 11.2. The Kier molecular flexibility index (Phi) is 3.07. The van der Waals surface area contributed by atoms with Crippen LogP contribution < -0.4 is 0 Å². The highest BCUT2D eigenvalue weighted by Crippen LogP contribution is 2.34. The van der Waals surface area contributed by atoms with E-state index in [4.69, 9.17) is 4.74 Å². The molecule has 0 spiro atoms. The Labute approximate surface area is 96.2 Å². The molecule has 3 nitrogen and oxygen atoms in total. The molecule has 15 heavy (non-hydrogen) atoms. The third kappa shape index (κ3) is 2.06. The topological polar surface area (TPSA) is 46.5 Å².